The van der Waals surface area contributed by atoms with Gasteiger partial charge in [-0.2, -0.15) is 0 Å². The standard InChI is InChI=1S/C15H22Cl2N2O2.ClH/c1-15(2,11-4-5-12(16)13(17)8-11)10-19-14(20)9-18-6-7-21-3;/h4-5,8,18H,6-7,9-10H2,1-3H3,(H,19,20);1H. The van der Waals surface area contributed by atoms with Crippen LogP contribution in [0.3, 0.4) is 0 Å². The predicted octanol–water partition coefficient (Wildman–Crippen LogP) is 3.05. The maximum absolute atomic E-state index is 11.7. The zero-order valence-electron chi connectivity index (χ0n) is 13.0. The van der Waals surface area contributed by atoms with Gasteiger partial charge in [0.05, 0.1) is 23.2 Å². The van der Waals surface area contributed by atoms with E-state index in [9.17, 15) is 4.79 Å². The molecule has 2 N–H and O–H groups in total. The fraction of sp³-hybridized carbons (Fsp3) is 0.533. The molecule has 0 heterocycles. The topological polar surface area (TPSA) is 50.4 Å². The number of amides is 1. The van der Waals surface area contributed by atoms with Gasteiger partial charge in [-0.1, -0.05) is 43.1 Å². The summed E-state index contributed by atoms with van der Waals surface area (Å²) in [6, 6.07) is 5.54. The SMILES string of the molecule is COCCNCC(=O)NCC(C)(C)c1ccc(Cl)c(Cl)c1.Cl. The molecule has 0 bridgehead atoms. The lowest BCUT2D eigenvalue weighted by atomic mass is 9.84. The number of hydrogen-bond acceptors (Lipinski definition) is 3. The van der Waals surface area contributed by atoms with Crippen molar-refractivity contribution in [3.63, 3.8) is 0 Å². The summed E-state index contributed by atoms with van der Waals surface area (Å²) in [4.78, 5) is 11.7. The van der Waals surface area contributed by atoms with E-state index < -0.39 is 0 Å². The van der Waals surface area contributed by atoms with Crippen LogP contribution in [0.15, 0.2) is 18.2 Å². The van der Waals surface area contributed by atoms with Crippen LogP contribution in [0, 0.1) is 0 Å². The average molecular weight is 370 g/mol. The van der Waals surface area contributed by atoms with E-state index in [2.05, 4.69) is 10.6 Å². The third kappa shape index (κ3) is 7.16. The first-order valence-electron chi connectivity index (χ1n) is 6.78. The Morgan fingerprint density at radius 1 is 1.27 bits per heavy atom. The monoisotopic (exact) mass is 368 g/mol. The van der Waals surface area contributed by atoms with Crippen molar-refractivity contribution in [2.45, 2.75) is 19.3 Å². The van der Waals surface area contributed by atoms with E-state index >= 15 is 0 Å². The van der Waals surface area contributed by atoms with Gasteiger partial charge in [-0.05, 0) is 17.7 Å². The Hall–Kier alpha value is -0.520. The molecule has 0 aliphatic carbocycles. The van der Waals surface area contributed by atoms with E-state index in [0.29, 0.717) is 29.7 Å². The summed E-state index contributed by atoms with van der Waals surface area (Å²) < 4.78 is 4.90. The van der Waals surface area contributed by atoms with Crippen molar-refractivity contribution in [1.29, 1.82) is 0 Å². The lowest BCUT2D eigenvalue weighted by Gasteiger charge is -2.26. The Balaban J connectivity index is 0.00000441. The second-order valence-corrected chi connectivity index (χ2v) is 6.27. The molecule has 0 saturated carbocycles. The molecule has 126 valence electrons. The van der Waals surface area contributed by atoms with Crippen molar-refractivity contribution in [3.8, 4) is 0 Å². The van der Waals surface area contributed by atoms with E-state index in [1.165, 1.54) is 0 Å². The Kier molecular flexibility index (Phi) is 10.0. The quantitative estimate of drug-likeness (QED) is 0.693. The van der Waals surface area contributed by atoms with Crippen molar-refractivity contribution >= 4 is 41.5 Å². The van der Waals surface area contributed by atoms with Crippen molar-refractivity contribution in [2.24, 2.45) is 0 Å². The average Bonchev–Trinajstić information content (AvgIpc) is 2.44. The minimum absolute atomic E-state index is 0. The lowest BCUT2D eigenvalue weighted by molar-refractivity contribution is -0.120. The van der Waals surface area contributed by atoms with Gasteiger partial charge in [-0.15, -0.1) is 12.4 Å². The van der Waals surface area contributed by atoms with Crippen LogP contribution in [0.4, 0.5) is 0 Å². The normalized spacial score (nSPS) is 11.0. The highest BCUT2D eigenvalue weighted by Crippen LogP contribution is 2.29. The van der Waals surface area contributed by atoms with Crippen molar-refractivity contribution in [2.75, 3.05) is 33.4 Å². The minimum Gasteiger partial charge on any atom is -0.383 e. The number of hydrogen-bond donors (Lipinski definition) is 2. The van der Waals surface area contributed by atoms with Gasteiger partial charge in [0.25, 0.3) is 0 Å². The number of methoxy groups -OCH3 is 1. The van der Waals surface area contributed by atoms with Crippen LogP contribution in [0.2, 0.25) is 10.0 Å². The van der Waals surface area contributed by atoms with Gasteiger partial charge in [0.15, 0.2) is 0 Å². The molecule has 4 nitrogen and oxygen atoms in total. The van der Waals surface area contributed by atoms with Crippen molar-refractivity contribution in [1.82, 2.24) is 10.6 Å². The molecule has 1 amide bonds. The van der Waals surface area contributed by atoms with Gasteiger partial charge in [-0.25, -0.2) is 0 Å². The van der Waals surface area contributed by atoms with Crippen LogP contribution in [-0.2, 0) is 14.9 Å². The highest BCUT2D eigenvalue weighted by atomic mass is 35.5. The molecule has 0 unspecified atom stereocenters. The van der Waals surface area contributed by atoms with Crippen LogP contribution in [0.25, 0.3) is 0 Å². The van der Waals surface area contributed by atoms with Gasteiger partial charge in [-0.3, -0.25) is 4.79 Å². The summed E-state index contributed by atoms with van der Waals surface area (Å²) in [5.41, 5.74) is 0.806. The van der Waals surface area contributed by atoms with Gasteiger partial charge >= 0.3 is 0 Å². The third-order valence-electron chi connectivity index (χ3n) is 3.20. The fourth-order valence-electron chi connectivity index (χ4n) is 1.78. The fourth-order valence-corrected chi connectivity index (χ4v) is 2.08. The smallest absolute Gasteiger partial charge is 0.233 e. The second-order valence-electron chi connectivity index (χ2n) is 5.46. The number of benzene rings is 1. The van der Waals surface area contributed by atoms with Gasteiger partial charge < -0.3 is 15.4 Å². The van der Waals surface area contributed by atoms with Gasteiger partial charge in [0.1, 0.15) is 0 Å². The second kappa shape index (κ2) is 10.3. The van der Waals surface area contributed by atoms with Gasteiger partial charge in [0.2, 0.25) is 5.91 Å². The molecule has 0 aromatic heterocycles. The molecule has 0 fully saturated rings. The van der Waals surface area contributed by atoms with Crippen LogP contribution < -0.4 is 10.6 Å². The van der Waals surface area contributed by atoms with E-state index in [0.717, 1.165) is 5.56 Å². The molecule has 0 aliphatic rings. The van der Waals surface area contributed by atoms with Crippen molar-refractivity contribution < 1.29 is 9.53 Å². The first-order valence-corrected chi connectivity index (χ1v) is 7.54. The molecule has 0 radical (unpaired) electrons. The van der Waals surface area contributed by atoms with Crippen LogP contribution >= 0.6 is 35.6 Å². The minimum atomic E-state index is -0.226. The summed E-state index contributed by atoms with van der Waals surface area (Å²) in [5.74, 6) is -0.0424. The lowest BCUT2D eigenvalue weighted by Crippen LogP contribution is -2.41. The number of carbonyl (C=O) groups is 1. The Morgan fingerprint density at radius 3 is 2.55 bits per heavy atom. The third-order valence-corrected chi connectivity index (χ3v) is 3.94. The molecule has 0 saturated heterocycles. The van der Waals surface area contributed by atoms with Crippen LogP contribution in [-0.4, -0.2) is 39.3 Å². The number of nitrogens with one attached hydrogen (secondary N) is 2. The molecule has 0 aliphatic heterocycles. The number of rotatable bonds is 8. The molecule has 1 aromatic rings. The summed E-state index contributed by atoms with van der Waals surface area (Å²) in [6.45, 7) is 6.13. The molecule has 22 heavy (non-hydrogen) atoms. The largest absolute Gasteiger partial charge is 0.383 e. The predicted molar refractivity (Wildman–Crippen MR) is 94.5 cm³/mol. The highest BCUT2D eigenvalue weighted by Gasteiger charge is 2.22. The highest BCUT2D eigenvalue weighted by molar-refractivity contribution is 6.42. The van der Waals surface area contributed by atoms with E-state index in [1.54, 1.807) is 13.2 Å². The Bertz CT molecular complexity index is 482. The van der Waals surface area contributed by atoms with E-state index in [4.69, 9.17) is 27.9 Å². The van der Waals surface area contributed by atoms with E-state index in [1.807, 2.05) is 26.0 Å². The number of ether oxygens (including phenoxy) is 1. The molecule has 0 spiro atoms. The molecule has 1 aromatic carbocycles. The Morgan fingerprint density at radius 2 is 1.95 bits per heavy atom. The van der Waals surface area contributed by atoms with Crippen LogP contribution in [0.5, 0.6) is 0 Å². The zero-order valence-corrected chi connectivity index (χ0v) is 15.4. The van der Waals surface area contributed by atoms with Crippen molar-refractivity contribution in [3.05, 3.63) is 33.8 Å². The molecule has 0 atom stereocenters. The number of carbonyl (C=O) groups excluding carboxylic acids is 1. The van der Waals surface area contributed by atoms with Crippen LogP contribution in [0.1, 0.15) is 19.4 Å². The first kappa shape index (κ1) is 21.5. The maximum Gasteiger partial charge on any atom is 0.233 e. The maximum atomic E-state index is 11.7. The molecule has 7 heteroatoms. The molecular weight excluding hydrogens is 347 g/mol. The summed E-state index contributed by atoms with van der Waals surface area (Å²) in [6.07, 6.45) is 0. The van der Waals surface area contributed by atoms with Gasteiger partial charge in [0, 0.05) is 25.6 Å². The summed E-state index contributed by atoms with van der Waals surface area (Å²) in [5, 5.41) is 6.97. The number of halogens is 3. The molecule has 1 rings (SSSR count). The van der Waals surface area contributed by atoms with E-state index in [-0.39, 0.29) is 30.3 Å². The zero-order chi connectivity index (χ0) is 15.9. The summed E-state index contributed by atoms with van der Waals surface area (Å²) >= 11 is 12.0. The molecular formula is C15H23Cl3N2O2. The first-order chi connectivity index (χ1) is 9.86. The summed E-state index contributed by atoms with van der Waals surface area (Å²) in [7, 11) is 1.63. The Labute approximate surface area is 148 Å².